The van der Waals surface area contributed by atoms with E-state index in [2.05, 4.69) is 15.0 Å². The lowest BCUT2D eigenvalue weighted by Crippen LogP contribution is -2.38. The molecule has 1 aromatic rings. The van der Waals surface area contributed by atoms with E-state index in [9.17, 15) is 13.2 Å². The Morgan fingerprint density at radius 1 is 1.59 bits per heavy atom. The molecule has 0 saturated carbocycles. The number of ether oxygens (including phenoxy) is 2. The molecule has 3 rings (SSSR count). The van der Waals surface area contributed by atoms with E-state index in [0.29, 0.717) is 0 Å². The maximum Gasteiger partial charge on any atom is 0.302 e. The highest BCUT2D eigenvalue weighted by Gasteiger charge is 2.53. The summed E-state index contributed by atoms with van der Waals surface area (Å²) >= 11 is 0. The Labute approximate surface area is 124 Å². The zero-order valence-corrected chi connectivity index (χ0v) is 12.1. The van der Waals surface area contributed by atoms with Crippen LogP contribution >= 0.6 is 0 Å². The molecule has 22 heavy (non-hydrogen) atoms. The summed E-state index contributed by atoms with van der Waals surface area (Å²) < 4.78 is 40.4. The van der Waals surface area contributed by atoms with Crippen molar-refractivity contribution in [3.8, 4) is 6.01 Å². The summed E-state index contributed by atoms with van der Waals surface area (Å²) in [7, 11) is -3.79. The third-order valence-corrected chi connectivity index (χ3v) is 3.79. The molecule has 0 amide bonds. The SMILES string of the molecule is CS(=O)(=O)O[C@H]1[C@@H]2Oc3nc(=O)ccn3[C@@H]2O[C@@H]1CN=[N+]=[N-]. The van der Waals surface area contributed by atoms with Gasteiger partial charge in [-0.05, 0) is 5.53 Å². The van der Waals surface area contributed by atoms with Crippen LogP contribution in [0.4, 0.5) is 0 Å². The second-order valence-corrected chi connectivity index (χ2v) is 6.38. The van der Waals surface area contributed by atoms with Gasteiger partial charge in [-0.25, -0.2) is 0 Å². The summed E-state index contributed by atoms with van der Waals surface area (Å²) in [5.41, 5.74) is 7.91. The molecule has 2 aliphatic rings. The van der Waals surface area contributed by atoms with Crippen LogP contribution in [0.5, 0.6) is 6.01 Å². The molecule has 0 radical (unpaired) electrons. The van der Waals surface area contributed by atoms with E-state index in [1.54, 1.807) is 0 Å². The van der Waals surface area contributed by atoms with E-state index in [0.717, 1.165) is 6.26 Å². The quantitative estimate of drug-likeness (QED) is 0.315. The lowest BCUT2D eigenvalue weighted by molar-refractivity contribution is -0.00761. The molecule has 3 heterocycles. The summed E-state index contributed by atoms with van der Waals surface area (Å²) in [5.74, 6) is 0. The first-order chi connectivity index (χ1) is 10.4. The Hall–Kier alpha value is -2.14. The van der Waals surface area contributed by atoms with Crippen LogP contribution < -0.4 is 10.3 Å². The van der Waals surface area contributed by atoms with Gasteiger partial charge in [0.2, 0.25) is 0 Å². The first kappa shape index (κ1) is 14.8. The monoisotopic (exact) mass is 329 g/mol. The molecule has 1 fully saturated rings. The van der Waals surface area contributed by atoms with Crippen molar-refractivity contribution in [2.45, 2.75) is 24.5 Å². The first-order valence-electron chi connectivity index (χ1n) is 6.19. The Kier molecular flexibility index (Phi) is 3.53. The standard InChI is InChI=1S/C10H11N5O6S/c1-22(17,18)21-7-5(4-12-14-11)19-9-8(7)20-10-13-6(16)2-3-15(9)10/h2-3,5,7-9H,4H2,1H3/t5-,7-,8+,9-/m1/s1. The van der Waals surface area contributed by atoms with Crippen molar-refractivity contribution < 1.29 is 22.1 Å². The van der Waals surface area contributed by atoms with Crippen molar-refractivity contribution in [2.75, 3.05) is 12.8 Å². The molecule has 11 nitrogen and oxygen atoms in total. The fourth-order valence-electron chi connectivity index (χ4n) is 2.44. The minimum atomic E-state index is -3.79. The highest BCUT2D eigenvalue weighted by molar-refractivity contribution is 7.86. The molecule has 0 spiro atoms. The van der Waals surface area contributed by atoms with Gasteiger partial charge in [-0.2, -0.15) is 13.4 Å². The Morgan fingerprint density at radius 3 is 3.05 bits per heavy atom. The van der Waals surface area contributed by atoms with E-state index >= 15 is 0 Å². The third kappa shape index (κ3) is 2.64. The summed E-state index contributed by atoms with van der Waals surface area (Å²) in [4.78, 5) is 17.5. The predicted octanol–water partition coefficient (Wildman–Crippen LogP) is -0.443. The van der Waals surface area contributed by atoms with Crippen molar-refractivity contribution in [3.05, 3.63) is 33.1 Å². The van der Waals surface area contributed by atoms with Crippen molar-refractivity contribution in [2.24, 2.45) is 5.11 Å². The van der Waals surface area contributed by atoms with Gasteiger partial charge >= 0.3 is 6.01 Å². The molecule has 1 saturated heterocycles. The highest BCUT2D eigenvalue weighted by atomic mass is 32.2. The van der Waals surface area contributed by atoms with E-state index in [1.807, 2.05) is 0 Å². The van der Waals surface area contributed by atoms with E-state index < -0.39 is 40.2 Å². The molecular formula is C10H11N5O6S. The van der Waals surface area contributed by atoms with Crippen LogP contribution in [-0.2, 0) is 19.0 Å². The van der Waals surface area contributed by atoms with E-state index in [-0.39, 0.29) is 12.6 Å². The number of aromatic nitrogens is 2. The lowest BCUT2D eigenvalue weighted by Gasteiger charge is -2.19. The molecule has 1 aromatic heterocycles. The largest absolute Gasteiger partial charge is 0.453 e. The third-order valence-electron chi connectivity index (χ3n) is 3.22. The average Bonchev–Trinajstić information content (AvgIpc) is 2.91. The number of fused-ring (bicyclic) bond motifs is 3. The fourth-order valence-corrected chi connectivity index (χ4v) is 3.08. The molecule has 2 aliphatic heterocycles. The summed E-state index contributed by atoms with van der Waals surface area (Å²) in [6.45, 7) is -0.115. The van der Waals surface area contributed by atoms with Gasteiger partial charge in [-0.1, -0.05) is 5.11 Å². The van der Waals surface area contributed by atoms with Crippen LogP contribution in [0, 0.1) is 0 Å². The van der Waals surface area contributed by atoms with Gasteiger partial charge in [0, 0.05) is 17.2 Å². The maximum absolute atomic E-state index is 11.4. The van der Waals surface area contributed by atoms with Gasteiger partial charge < -0.3 is 9.47 Å². The molecule has 0 bridgehead atoms. The average molecular weight is 329 g/mol. The second kappa shape index (κ2) is 5.25. The highest BCUT2D eigenvalue weighted by Crippen LogP contribution is 2.40. The molecular weight excluding hydrogens is 318 g/mol. The number of nitrogens with zero attached hydrogens (tertiary/aromatic N) is 5. The van der Waals surface area contributed by atoms with Crippen molar-refractivity contribution in [1.29, 1.82) is 0 Å². The van der Waals surface area contributed by atoms with Gasteiger partial charge in [-0.15, -0.1) is 0 Å². The van der Waals surface area contributed by atoms with Gasteiger partial charge in [0.1, 0.15) is 6.10 Å². The fraction of sp³-hybridized carbons (Fsp3) is 0.600. The number of hydrogen-bond donors (Lipinski definition) is 0. The summed E-state index contributed by atoms with van der Waals surface area (Å²) in [6, 6.07) is 1.25. The van der Waals surface area contributed by atoms with Crippen LogP contribution in [0.3, 0.4) is 0 Å². The van der Waals surface area contributed by atoms with Crippen LogP contribution in [0.1, 0.15) is 6.23 Å². The molecule has 12 heteroatoms. The molecule has 0 aromatic carbocycles. The minimum Gasteiger partial charge on any atom is -0.453 e. The van der Waals surface area contributed by atoms with Gasteiger partial charge in [-0.3, -0.25) is 13.5 Å². The molecule has 0 N–H and O–H groups in total. The molecule has 0 aliphatic carbocycles. The summed E-state index contributed by atoms with van der Waals surface area (Å²) in [5, 5.41) is 3.38. The Balaban J connectivity index is 1.93. The Morgan fingerprint density at radius 2 is 2.36 bits per heavy atom. The van der Waals surface area contributed by atoms with Gasteiger partial charge in [0.05, 0.1) is 18.9 Å². The van der Waals surface area contributed by atoms with Crippen LogP contribution in [0.25, 0.3) is 10.4 Å². The van der Waals surface area contributed by atoms with Crippen LogP contribution in [-0.4, -0.2) is 49.1 Å². The first-order valence-corrected chi connectivity index (χ1v) is 8.01. The van der Waals surface area contributed by atoms with E-state index in [1.165, 1.54) is 16.8 Å². The normalized spacial score (nSPS) is 29.3. The predicted molar refractivity (Wildman–Crippen MR) is 70.6 cm³/mol. The van der Waals surface area contributed by atoms with Gasteiger partial charge in [0.25, 0.3) is 15.7 Å². The number of rotatable bonds is 4. The van der Waals surface area contributed by atoms with Crippen LogP contribution in [0.15, 0.2) is 22.2 Å². The number of hydrogen-bond acceptors (Lipinski definition) is 8. The molecule has 118 valence electrons. The van der Waals surface area contributed by atoms with Crippen molar-refractivity contribution in [1.82, 2.24) is 9.55 Å². The van der Waals surface area contributed by atoms with Crippen molar-refractivity contribution >= 4 is 10.1 Å². The van der Waals surface area contributed by atoms with Gasteiger partial charge in [0.15, 0.2) is 12.3 Å². The molecule has 4 atom stereocenters. The minimum absolute atomic E-state index is 0.0202. The summed E-state index contributed by atoms with van der Waals surface area (Å²) in [6.07, 6.45) is -1.01. The topological polar surface area (TPSA) is 145 Å². The Bertz CT molecular complexity index is 800. The molecule has 0 unspecified atom stereocenters. The van der Waals surface area contributed by atoms with Crippen LogP contribution in [0.2, 0.25) is 0 Å². The zero-order chi connectivity index (χ0) is 15.9. The maximum atomic E-state index is 11.4. The van der Waals surface area contributed by atoms with E-state index in [4.69, 9.17) is 19.2 Å². The van der Waals surface area contributed by atoms with Crippen molar-refractivity contribution in [3.63, 3.8) is 0 Å². The second-order valence-electron chi connectivity index (χ2n) is 4.78. The lowest BCUT2D eigenvalue weighted by atomic mass is 10.1. The zero-order valence-electron chi connectivity index (χ0n) is 11.3. The number of azide groups is 1. The smallest absolute Gasteiger partial charge is 0.302 e.